The second-order valence-corrected chi connectivity index (χ2v) is 2.29. The van der Waals surface area contributed by atoms with Crippen molar-refractivity contribution >= 4 is 0 Å². The molecule has 2 heterocycles. The van der Waals surface area contributed by atoms with Crippen molar-refractivity contribution < 1.29 is 4.74 Å². The molecule has 2 rings (SSSR count). The standard InChI is InChI=1S/C7H8N2O/c1-2-6-7(10-3-1)4-8-5-9-6/h4-5H,1-3H2. The van der Waals surface area contributed by atoms with Crippen molar-refractivity contribution in [1.82, 2.24) is 9.97 Å². The van der Waals surface area contributed by atoms with Gasteiger partial charge < -0.3 is 4.74 Å². The molecule has 0 atom stereocenters. The Bertz CT molecular complexity index is 212. The maximum absolute atomic E-state index is 5.30. The van der Waals surface area contributed by atoms with Crippen molar-refractivity contribution in [2.24, 2.45) is 0 Å². The fourth-order valence-corrected chi connectivity index (χ4v) is 1.07. The summed E-state index contributed by atoms with van der Waals surface area (Å²) in [7, 11) is 0. The van der Waals surface area contributed by atoms with Crippen molar-refractivity contribution in [1.29, 1.82) is 0 Å². The van der Waals surface area contributed by atoms with Crippen LogP contribution < -0.4 is 4.74 Å². The normalized spacial score (nSPS) is 15.6. The molecule has 0 spiro atoms. The summed E-state index contributed by atoms with van der Waals surface area (Å²) in [5.74, 6) is 0.855. The molecule has 0 saturated heterocycles. The van der Waals surface area contributed by atoms with Gasteiger partial charge in [-0.25, -0.2) is 9.97 Å². The quantitative estimate of drug-likeness (QED) is 0.529. The highest BCUT2D eigenvalue weighted by Crippen LogP contribution is 2.19. The topological polar surface area (TPSA) is 35.0 Å². The van der Waals surface area contributed by atoms with Crippen LogP contribution in [0.3, 0.4) is 0 Å². The van der Waals surface area contributed by atoms with E-state index in [2.05, 4.69) is 9.97 Å². The van der Waals surface area contributed by atoms with E-state index in [4.69, 9.17) is 4.74 Å². The Morgan fingerprint density at radius 2 is 2.50 bits per heavy atom. The van der Waals surface area contributed by atoms with Crippen molar-refractivity contribution in [2.45, 2.75) is 12.8 Å². The van der Waals surface area contributed by atoms with Crippen molar-refractivity contribution in [2.75, 3.05) is 6.61 Å². The predicted octanol–water partition coefficient (Wildman–Crippen LogP) is 0.802. The maximum Gasteiger partial charge on any atom is 0.159 e. The van der Waals surface area contributed by atoms with E-state index in [9.17, 15) is 0 Å². The average Bonchev–Trinajstić information content (AvgIpc) is 2.05. The van der Waals surface area contributed by atoms with E-state index in [0.29, 0.717) is 0 Å². The van der Waals surface area contributed by atoms with Gasteiger partial charge in [0.15, 0.2) is 5.75 Å². The second kappa shape index (κ2) is 2.25. The molecule has 10 heavy (non-hydrogen) atoms. The summed E-state index contributed by atoms with van der Waals surface area (Å²) in [6.45, 7) is 0.806. The zero-order chi connectivity index (χ0) is 6.81. The summed E-state index contributed by atoms with van der Waals surface area (Å²) >= 11 is 0. The lowest BCUT2D eigenvalue weighted by molar-refractivity contribution is 0.283. The molecule has 3 nitrogen and oxygen atoms in total. The van der Waals surface area contributed by atoms with E-state index in [1.807, 2.05) is 0 Å². The molecule has 0 amide bonds. The number of hydrogen-bond donors (Lipinski definition) is 0. The lowest BCUT2D eigenvalue weighted by Crippen LogP contribution is -2.09. The number of rotatable bonds is 0. The van der Waals surface area contributed by atoms with Crippen LogP contribution in [0, 0.1) is 0 Å². The van der Waals surface area contributed by atoms with Crippen LogP contribution in [-0.4, -0.2) is 16.6 Å². The molecule has 52 valence electrons. The summed E-state index contributed by atoms with van der Waals surface area (Å²) in [6, 6.07) is 0. The Labute approximate surface area is 59.1 Å². The molecule has 0 radical (unpaired) electrons. The Morgan fingerprint density at radius 3 is 3.40 bits per heavy atom. The third-order valence-electron chi connectivity index (χ3n) is 1.57. The molecule has 0 N–H and O–H groups in total. The SMILES string of the molecule is c1ncc2c(n1)CCCO2. The van der Waals surface area contributed by atoms with Crippen LogP contribution in [0.2, 0.25) is 0 Å². The monoisotopic (exact) mass is 136 g/mol. The van der Waals surface area contributed by atoms with E-state index in [0.717, 1.165) is 30.9 Å². The van der Waals surface area contributed by atoms with Gasteiger partial charge in [0, 0.05) is 0 Å². The summed E-state index contributed by atoms with van der Waals surface area (Å²) in [4.78, 5) is 7.95. The largest absolute Gasteiger partial charge is 0.490 e. The minimum atomic E-state index is 0.806. The van der Waals surface area contributed by atoms with Gasteiger partial charge in [-0.3, -0.25) is 0 Å². The molecule has 0 unspecified atom stereocenters. The van der Waals surface area contributed by atoms with Crippen molar-refractivity contribution in [3.63, 3.8) is 0 Å². The van der Waals surface area contributed by atoms with Gasteiger partial charge in [-0.15, -0.1) is 0 Å². The molecular formula is C7H8N2O. The number of aryl methyl sites for hydroxylation is 1. The molecule has 0 saturated carbocycles. The first-order valence-corrected chi connectivity index (χ1v) is 3.38. The van der Waals surface area contributed by atoms with E-state index < -0.39 is 0 Å². The summed E-state index contributed by atoms with van der Waals surface area (Å²) in [6.07, 6.45) is 5.39. The Kier molecular flexibility index (Phi) is 1.27. The summed E-state index contributed by atoms with van der Waals surface area (Å²) in [5.41, 5.74) is 1.04. The zero-order valence-electron chi connectivity index (χ0n) is 5.58. The van der Waals surface area contributed by atoms with Crippen molar-refractivity contribution in [3.05, 3.63) is 18.2 Å². The minimum absolute atomic E-state index is 0.806. The molecule has 3 heteroatoms. The molecule has 0 bridgehead atoms. The van der Waals surface area contributed by atoms with E-state index in [-0.39, 0.29) is 0 Å². The van der Waals surface area contributed by atoms with Gasteiger partial charge in [0.1, 0.15) is 6.33 Å². The van der Waals surface area contributed by atoms with Gasteiger partial charge in [0.2, 0.25) is 0 Å². The predicted molar refractivity (Wildman–Crippen MR) is 35.8 cm³/mol. The van der Waals surface area contributed by atoms with E-state index in [1.54, 1.807) is 12.5 Å². The van der Waals surface area contributed by atoms with Gasteiger partial charge in [-0.2, -0.15) is 0 Å². The highest BCUT2D eigenvalue weighted by atomic mass is 16.5. The van der Waals surface area contributed by atoms with Gasteiger partial charge in [-0.05, 0) is 12.8 Å². The first kappa shape index (κ1) is 5.65. The molecule has 0 fully saturated rings. The lowest BCUT2D eigenvalue weighted by atomic mass is 10.2. The van der Waals surface area contributed by atoms with Crippen molar-refractivity contribution in [3.8, 4) is 5.75 Å². The molecular weight excluding hydrogens is 128 g/mol. The van der Waals surface area contributed by atoms with Gasteiger partial charge in [0.25, 0.3) is 0 Å². The van der Waals surface area contributed by atoms with Crippen LogP contribution in [0.5, 0.6) is 5.75 Å². The Balaban J connectivity index is 2.41. The first-order valence-electron chi connectivity index (χ1n) is 3.38. The molecule has 0 aliphatic carbocycles. The maximum atomic E-state index is 5.30. The first-order chi connectivity index (χ1) is 4.97. The second-order valence-electron chi connectivity index (χ2n) is 2.29. The van der Waals surface area contributed by atoms with Crippen LogP contribution in [0.25, 0.3) is 0 Å². The highest BCUT2D eigenvalue weighted by molar-refractivity contribution is 5.24. The van der Waals surface area contributed by atoms with Crippen LogP contribution in [0.15, 0.2) is 12.5 Å². The average molecular weight is 136 g/mol. The van der Waals surface area contributed by atoms with Crippen LogP contribution in [0.1, 0.15) is 12.1 Å². The number of fused-ring (bicyclic) bond motifs is 1. The molecule has 1 aliphatic rings. The summed E-state index contributed by atoms with van der Waals surface area (Å²) in [5, 5.41) is 0. The van der Waals surface area contributed by atoms with E-state index in [1.165, 1.54) is 0 Å². The smallest absolute Gasteiger partial charge is 0.159 e. The van der Waals surface area contributed by atoms with Gasteiger partial charge >= 0.3 is 0 Å². The third-order valence-corrected chi connectivity index (χ3v) is 1.57. The summed E-state index contributed by atoms with van der Waals surface area (Å²) < 4.78 is 5.30. The lowest BCUT2D eigenvalue weighted by Gasteiger charge is -2.13. The minimum Gasteiger partial charge on any atom is -0.490 e. The highest BCUT2D eigenvalue weighted by Gasteiger charge is 2.09. The van der Waals surface area contributed by atoms with E-state index >= 15 is 0 Å². The van der Waals surface area contributed by atoms with Gasteiger partial charge in [0.05, 0.1) is 18.5 Å². The number of nitrogens with zero attached hydrogens (tertiary/aromatic N) is 2. The fourth-order valence-electron chi connectivity index (χ4n) is 1.07. The number of hydrogen-bond acceptors (Lipinski definition) is 3. The molecule has 1 aromatic heterocycles. The van der Waals surface area contributed by atoms with Crippen LogP contribution in [0.4, 0.5) is 0 Å². The fraction of sp³-hybridized carbons (Fsp3) is 0.429. The number of aromatic nitrogens is 2. The third kappa shape index (κ3) is 0.835. The molecule has 1 aliphatic heterocycles. The Morgan fingerprint density at radius 1 is 1.50 bits per heavy atom. The van der Waals surface area contributed by atoms with Gasteiger partial charge in [-0.1, -0.05) is 0 Å². The molecule has 1 aromatic rings. The van der Waals surface area contributed by atoms with Crippen LogP contribution >= 0.6 is 0 Å². The number of ether oxygens (including phenoxy) is 1. The van der Waals surface area contributed by atoms with Crippen LogP contribution in [-0.2, 0) is 6.42 Å². The Hall–Kier alpha value is -1.12. The zero-order valence-corrected chi connectivity index (χ0v) is 5.58. The molecule has 0 aromatic carbocycles.